The van der Waals surface area contributed by atoms with E-state index in [-0.39, 0.29) is 11.8 Å². The van der Waals surface area contributed by atoms with Crippen LogP contribution in [0.1, 0.15) is 49.2 Å². The summed E-state index contributed by atoms with van der Waals surface area (Å²) < 4.78 is 2.29. The maximum atomic E-state index is 12.8. The van der Waals surface area contributed by atoms with Gasteiger partial charge in [-0.2, -0.15) is 0 Å². The molecule has 4 nitrogen and oxygen atoms in total. The molecule has 0 spiro atoms. The van der Waals surface area contributed by atoms with Gasteiger partial charge < -0.3 is 9.47 Å². The van der Waals surface area contributed by atoms with Crippen LogP contribution in [0.2, 0.25) is 0 Å². The lowest BCUT2D eigenvalue weighted by Crippen LogP contribution is -2.24. The van der Waals surface area contributed by atoms with Gasteiger partial charge in [0.2, 0.25) is 5.91 Å². The Labute approximate surface area is 154 Å². The highest BCUT2D eigenvalue weighted by Gasteiger charge is 2.35. The van der Waals surface area contributed by atoms with Crippen LogP contribution in [-0.4, -0.2) is 22.0 Å². The number of aryl methyl sites for hydroxylation is 2. The lowest BCUT2D eigenvalue weighted by molar-refractivity contribution is -0.117. The zero-order valence-corrected chi connectivity index (χ0v) is 15.9. The van der Waals surface area contributed by atoms with Gasteiger partial charge in [0.25, 0.3) is 0 Å². The third-order valence-corrected chi connectivity index (χ3v) is 5.15. The Kier molecular flexibility index (Phi) is 4.06. The highest BCUT2D eigenvalue weighted by molar-refractivity contribution is 5.96. The molecule has 1 amide bonds. The van der Waals surface area contributed by atoms with Gasteiger partial charge >= 0.3 is 0 Å². The van der Waals surface area contributed by atoms with Crippen LogP contribution in [0, 0.1) is 13.8 Å². The molecule has 1 fully saturated rings. The summed E-state index contributed by atoms with van der Waals surface area (Å²) in [4.78, 5) is 19.6. The van der Waals surface area contributed by atoms with E-state index in [0.29, 0.717) is 19.0 Å². The summed E-state index contributed by atoms with van der Waals surface area (Å²) in [7, 11) is 0. The summed E-state index contributed by atoms with van der Waals surface area (Å²) in [6.45, 7) is 9.20. The van der Waals surface area contributed by atoms with Crippen molar-refractivity contribution in [1.82, 2.24) is 9.55 Å². The molecule has 0 saturated carbocycles. The van der Waals surface area contributed by atoms with Crippen molar-refractivity contribution in [2.24, 2.45) is 0 Å². The van der Waals surface area contributed by atoms with Crippen LogP contribution < -0.4 is 4.90 Å². The van der Waals surface area contributed by atoms with Gasteiger partial charge in [0.1, 0.15) is 5.82 Å². The topological polar surface area (TPSA) is 38.1 Å². The van der Waals surface area contributed by atoms with E-state index in [1.54, 1.807) is 0 Å². The van der Waals surface area contributed by atoms with Crippen molar-refractivity contribution in [1.29, 1.82) is 0 Å². The van der Waals surface area contributed by atoms with Gasteiger partial charge in [0.15, 0.2) is 0 Å². The maximum Gasteiger partial charge on any atom is 0.227 e. The number of amides is 1. The average Bonchev–Trinajstić information content (AvgIpc) is 3.14. The Morgan fingerprint density at radius 1 is 1.08 bits per heavy atom. The first-order chi connectivity index (χ1) is 12.4. The van der Waals surface area contributed by atoms with Gasteiger partial charge in [-0.25, -0.2) is 4.98 Å². The first-order valence-corrected chi connectivity index (χ1v) is 9.29. The Hall–Kier alpha value is -2.62. The second-order valence-corrected chi connectivity index (χ2v) is 7.67. The van der Waals surface area contributed by atoms with E-state index < -0.39 is 0 Å². The number of rotatable bonds is 3. The number of hydrogen-bond donors (Lipinski definition) is 0. The first kappa shape index (κ1) is 16.8. The molecule has 134 valence electrons. The van der Waals surface area contributed by atoms with Crippen LogP contribution in [0.5, 0.6) is 0 Å². The fourth-order valence-electron chi connectivity index (χ4n) is 4.13. The lowest BCUT2D eigenvalue weighted by atomic mass is 10.1. The fraction of sp³-hybridized carbons (Fsp3) is 0.364. The highest BCUT2D eigenvalue weighted by Crippen LogP contribution is 2.35. The predicted molar refractivity (Wildman–Crippen MR) is 106 cm³/mol. The number of anilines is 1. The van der Waals surface area contributed by atoms with Crippen molar-refractivity contribution in [3.63, 3.8) is 0 Å². The summed E-state index contributed by atoms with van der Waals surface area (Å²) in [5, 5.41) is 0. The zero-order valence-electron chi connectivity index (χ0n) is 15.9. The van der Waals surface area contributed by atoms with Crippen LogP contribution in [0.25, 0.3) is 11.0 Å². The number of fused-ring (bicyclic) bond motifs is 1. The van der Waals surface area contributed by atoms with Crippen molar-refractivity contribution in [3.05, 3.63) is 59.4 Å². The van der Waals surface area contributed by atoms with E-state index >= 15 is 0 Å². The molecule has 0 bridgehead atoms. The molecule has 3 aromatic rings. The summed E-state index contributed by atoms with van der Waals surface area (Å²) in [5.41, 5.74) is 5.53. The quantitative estimate of drug-likeness (QED) is 0.685. The van der Waals surface area contributed by atoms with Gasteiger partial charge in [0, 0.05) is 30.6 Å². The molecule has 4 rings (SSSR count). The van der Waals surface area contributed by atoms with Crippen LogP contribution in [-0.2, 0) is 4.79 Å². The van der Waals surface area contributed by atoms with Gasteiger partial charge in [0.05, 0.1) is 11.0 Å². The van der Waals surface area contributed by atoms with E-state index in [2.05, 4.69) is 62.6 Å². The Morgan fingerprint density at radius 3 is 2.46 bits per heavy atom. The number of aromatic nitrogens is 2. The van der Waals surface area contributed by atoms with Gasteiger partial charge in [-0.1, -0.05) is 18.2 Å². The number of hydrogen-bond acceptors (Lipinski definition) is 2. The number of nitrogens with zero attached hydrogens (tertiary/aromatic N) is 3. The van der Waals surface area contributed by atoms with Crippen LogP contribution in [0.4, 0.5) is 5.69 Å². The monoisotopic (exact) mass is 347 g/mol. The molecule has 1 aliphatic heterocycles. The van der Waals surface area contributed by atoms with Gasteiger partial charge in [-0.3, -0.25) is 4.79 Å². The highest BCUT2D eigenvalue weighted by atomic mass is 16.2. The number of para-hydroxylation sites is 2. The molecule has 1 atom stereocenters. The lowest BCUT2D eigenvalue weighted by Gasteiger charge is -2.19. The molecule has 1 aromatic heterocycles. The molecule has 0 aliphatic carbocycles. The van der Waals surface area contributed by atoms with Crippen molar-refractivity contribution in [2.75, 3.05) is 11.4 Å². The molecule has 1 saturated heterocycles. The smallest absolute Gasteiger partial charge is 0.227 e. The molecule has 2 heterocycles. The Bertz CT molecular complexity index is 966. The largest absolute Gasteiger partial charge is 0.325 e. The third-order valence-electron chi connectivity index (χ3n) is 5.15. The van der Waals surface area contributed by atoms with E-state index in [4.69, 9.17) is 4.98 Å². The molecular weight excluding hydrogens is 322 g/mol. The van der Waals surface area contributed by atoms with Gasteiger partial charge in [-0.05, 0) is 63.1 Å². The molecule has 0 unspecified atom stereocenters. The van der Waals surface area contributed by atoms with Crippen LogP contribution in [0.15, 0.2) is 42.5 Å². The summed E-state index contributed by atoms with van der Waals surface area (Å²) in [6, 6.07) is 14.9. The van der Waals surface area contributed by atoms with E-state index in [9.17, 15) is 4.79 Å². The molecule has 0 radical (unpaired) electrons. The van der Waals surface area contributed by atoms with Crippen molar-refractivity contribution in [3.8, 4) is 0 Å². The van der Waals surface area contributed by atoms with E-state index in [1.807, 2.05) is 17.0 Å². The summed E-state index contributed by atoms with van der Waals surface area (Å²) in [5.74, 6) is 1.34. The minimum atomic E-state index is 0.123. The second kappa shape index (κ2) is 6.27. The van der Waals surface area contributed by atoms with Gasteiger partial charge in [-0.15, -0.1) is 0 Å². The number of benzene rings is 2. The van der Waals surface area contributed by atoms with Crippen LogP contribution >= 0.6 is 0 Å². The molecule has 26 heavy (non-hydrogen) atoms. The van der Waals surface area contributed by atoms with Crippen molar-refractivity contribution in [2.45, 2.75) is 46.1 Å². The SMILES string of the molecule is Cc1cc(C)cc(N2C[C@@H](c3nc4ccccc4n3C(C)C)CC2=O)c1. The van der Waals surface area contributed by atoms with E-state index in [1.165, 1.54) is 11.1 Å². The Morgan fingerprint density at radius 2 is 1.77 bits per heavy atom. The summed E-state index contributed by atoms with van der Waals surface area (Å²) >= 11 is 0. The zero-order chi connectivity index (χ0) is 18.4. The van der Waals surface area contributed by atoms with E-state index in [0.717, 1.165) is 22.5 Å². The standard InChI is InChI=1S/C22H25N3O/c1-14(2)25-20-8-6-5-7-19(20)23-22(25)17-12-21(26)24(13-17)18-10-15(3)9-16(4)11-18/h5-11,14,17H,12-13H2,1-4H3/t17-/m0/s1. The van der Waals surface area contributed by atoms with Crippen molar-refractivity contribution < 1.29 is 4.79 Å². The minimum Gasteiger partial charge on any atom is -0.325 e. The minimum absolute atomic E-state index is 0.123. The molecule has 2 aromatic carbocycles. The second-order valence-electron chi connectivity index (χ2n) is 7.67. The molecule has 4 heteroatoms. The summed E-state index contributed by atoms with van der Waals surface area (Å²) in [6.07, 6.45) is 0.517. The predicted octanol–water partition coefficient (Wildman–Crippen LogP) is 4.75. The number of carbonyl (C=O) groups excluding carboxylic acids is 1. The number of carbonyl (C=O) groups is 1. The normalized spacial score (nSPS) is 17.7. The molecular formula is C22H25N3O. The maximum absolute atomic E-state index is 12.8. The third kappa shape index (κ3) is 2.79. The number of imidazole rings is 1. The molecule has 1 aliphatic rings. The fourth-order valence-corrected chi connectivity index (χ4v) is 4.13. The first-order valence-electron chi connectivity index (χ1n) is 9.29. The van der Waals surface area contributed by atoms with Crippen molar-refractivity contribution >= 4 is 22.6 Å². The van der Waals surface area contributed by atoms with Crippen LogP contribution in [0.3, 0.4) is 0 Å². The molecule has 0 N–H and O–H groups in total. The Balaban J connectivity index is 1.73. The average molecular weight is 347 g/mol.